The fourth-order valence-electron chi connectivity index (χ4n) is 3.19. The fourth-order valence-corrected chi connectivity index (χ4v) is 3.19. The van der Waals surface area contributed by atoms with Gasteiger partial charge >= 0.3 is 6.03 Å². The van der Waals surface area contributed by atoms with Crippen molar-refractivity contribution in [1.29, 1.82) is 0 Å². The molecule has 1 aliphatic rings. The molecule has 0 bridgehead atoms. The van der Waals surface area contributed by atoms with Crippen molar-refractivity contribution in [3.63, 3.8) is 0 Å². The number of anilines is 1. The Morgan fingerprint density at radius 1 is 1.17 bits per heavy atom. The highest BCUT2D eigenvalue weighted by Gasteiger charge is 2.19. The number of hydrogen-bond donors (Lipinski definition) is 2. The van der Waals surface area contributed by atoms with Crippen LogP contribution in [-0.2, 0) is 6.54 Å². The third kappa shape index (κ3) is 5.87. The zero-order chi connectivity index (χ0) is 16.9. The minimum absolute atomic E-state index is 0.148. The van der Waals surface area contributed by atoms with Crippen molar-refractivity contribution in [2.45, 2.75) is 71.0 Å². The SMILES string of the molecule is CN(Cc1ccccc1NC(=O)NC(C)(C)C)C1CCCCC1. The van der Waals surface area contributed by atoms with E-state index in [-0.39, 0.29) is 11.6 Å². The molecule has 1 aliphatic carbocycles. The summed E-state index contributed by atoms with van der Waals surface area (Å²) in [6.45, 7) is 6.82. The zero-order valence-electron chi connectivity index (χ0n) is 15.0. The number of carbonyl (C=O) groups is 1. The summed E-state index contributed by atoms with van der Waals surface area (Å²) in [4.78, 5) is 14.6. The number of amides is 2. The first kappa shape index (κ1) is 17.8. The summed E-state index contributed by atoms with van der Waals surface area (Å²) in [5.41, 5.74) is 1.83. The second-order valence-corrected chi connectivity index (χ2v) is 7.69. The van der Waals surface area contributed by atoms with Gasteiger partial charge in [-0.15, -0.1) is 0 Å². The molecule has 0 heterocycles. The van der Waals surface area contributed by atoms with Crippen LogP contribution in [0.15, 0.2) is 24.3 Å². The van der Waals surface area contributed by atoms with E-state index in [2.05, 4.69) is 28.6 Å². The van der Waals surface area contributed by atoms with Gasteiger partial charge in [-0.25, -0.2) is 4.79 Å². The van der Waals surface area contributed by atoms with Gasteiger partial charge in [0, 0.05) is 23.8 Å². The molecular weight excluding hydrogens is 286 g/mol. The topological polar surface area (TPSA) is 44.4 Å². The molecule has 2 amide bonds. The summed E-state index contributed by atoms with van der Waals surface area (Å²) < 4.78 is 0. The van der Waals surface area contributed by atoms with Crippen molar-refractivity contribution < 1.29 is 4.79 Å². The largest absolute Gasteiger partial charge is 0.333 e. The van der Waals surface area contributed by atoms with E-state index < -0.39 is 0 Å². The maximum atomic E-state index is 12.1. The quantitative estimate of drug-likeness (QED) is 0.866. The van der Waals surface area contributed by atoms with Crippen LogP contribution in [0.5, 0.6) is 0 Å². The van der Waals surface area contributed by atoms with Crippen LogP contribution in [0.2, 0.25) is 0 Å². The Labute approximate surface area is 140 Å². The molecule has 128 valence electrons. The maximum absolute atomic E-state index is 12.1. The van der Waals surface area contributed by atoms with Gasteiger partial charge < -0.3 is 10.6 Å². The molecule has 0 aliphatic heterocycles. The van der Waals surface area contributed by atoms with Gasteiger partial charge in [0.15, 0.2) is 0 Å². The highest BCUT2D eigenvalue weighted by atomic mass is 16.2. The van der Waals surface area contributed by atoms with Gasteiger partial charge in [-0.2, -0.15) is 0 Å². The number of nitrogens with one attached hydrogen (secondary N) is 2. The average Bonchev–Trinajstić information content (AvgIpc) is 2.48. The molecule has 0 aromatic heterocycles. The molecule has 4 nitrogen and oxygen atoms in total. The molecule has 1 saturated carbocycles. The molecule has 0 radical (unpaired) electrons. The van der Waals surface area contributed by atoms with Crippen LogP contribution in [-0.4, -0.2) is 29.6 Å². The van der Waals surface area contributed by atoms with Crippen molar-refractivity contribution in [2.75, 3.05) is 12.4 Å². The lowest BCUT2D eigenvalue weighted by Crippen LogP contribution is -2.43. The summed E-state index contributed by atoms with van der Waals surface area (Å²) in [5.74, 6) is 0. The van der Waals surface area contributed by atoms with Crippen LogP contribution >= 0.6 is 0 Å². The van der Waals surface area contributed by atoms with Gasteiger partial charge in [-0.3, -0.25) is 4.90 Å². The number of urea groups is 1. The molecule has 0 unspecified atom stereocenters. The van der Waals surface area contributed by atoms with E-state index in [4.69, 9.17) is 0 Å². The van der Waals surface area contributed by atoms with Crippen molar-refractivity contribution in [2.24, 2.45) is 0 Å². The molecule has 0 spiro atoms. The lowest BCUT2D eigenvalue weighted by atomic mass is 9.94. The Hall–Kier alpha value is -1.55. The van der Waals surface area contributed by atoms with Gasteiger partial charge in [0.2, 0.25) is 0 Å². The monoisotopic (exact) mass is 317 g/mol. The van der Waals surface area contributed by atoms with E-state index in [0.29, 0.717) is 6.04 Å². The Balaban J connectivity index is 2.00. The minimum atomic E-state index is -0.238. The second-order valence-electron chi connectivity index (χ2n) is 7.69. The molecule has 2 N–H and O–H groups in total. The standard InChI is InChI=1S/C19H31N3O/c1-19(2,3)21-18(23)20-17-13-9-8-10-15(17)14-22(4)16-11-6-5-7-12-16/h8-10,13,16H,5-7,11-12,14H2,1-4H3,(H2,20,21,23). The van der Waals surface area contributed by atoms with Crippen molar-refractivity contribution in [3.8, 4) is 0 Å². The van der Waals surface area contributed by atoms with Crippen molar-refractivity contribution >= 4 is 11.7 Å². The van der Waals surface area contributed by atoms with Gasteiger partial charge in [-0.05, 0) is 52.3 Å². The summed E-state index contributed by atoms with van der Waals surface area (Å²) in [6.07, 6.45) is 6.62. The molecule has 4 heteroatoms. The number of nitrogens with zero attached hydrogens (tertiary/aromatic N) is 1. The summed E-state index contributed by atoms with van der Waals surface area (Å²) in [5, 5.41) is 5.95. The highest BCUT2D eigenvalue weighted by Crippen LogP contribution is 2.24. The molecule has 0 atom stereocenters. The van der Waals surface area contributed by atoms with Gasteiger partial charge in [0.25, 0.3) is 0 Å². The lowest BCUT2D eigenvalue weighted by Gasteiger charge is -2.31. The molecule has 23 heavy (non-hydrogen) atoms. The average molecular weight is 317 g/mol. The van der Waals surface area contributed by atoms with Crippen molar-refractivity contribution in [3.05, 3.63) is 29.8 Å². The molecule has 2 rings (SSSR count). The first-order chi connectivity index (χ1) is 10.8. The second kappa shape index (κ2) is 7.82. The summed E-state index contributed by atoms with van der Waals surface area (Å²) in [7, 11) is 2.20. The number of carbonyl (C=O) groups excluding carboxylic acids is 1. The lowest BCUT2D eigenvalue weighted by molar-refractivity contribution is 0.185. The van der Waals surface area contributed by atoms with Gasteiger partial charge in [0.1, 0.15) is 0 Å². The van der Waals surface area contributed by atoms with E-state index >= 15 is 0 Å². The third-order valence-electron chi connectivity index (χ3n) is 4.37. The Morgan fingerprint density at radius 3 is 2.48 bits per heavy atom. The summed E-state index contributed by atoms with van der Waals surface area (Å²) in [6, 6.07) is 8.61. The van der Waals surface area contributed by atoms with Crippen LogP contribution in [0.4, 0.5) is 10.5 Å². The van der Waals surface area contributed by atoms with Crippen LogP contribution in [0.3, 0.4) is 0 Å². The van der Waals surface area contributed by atoms with E-state index in [1.54, 1.807) is 0 Å². The smallest absolute Gasteiger partial charge is 0.319 e. The van der Waals surface area contributed by atoms with Crippen molar-refractivity contribution in [1.82, 2.24) is 10.2 Å². The fraction of sp³-hybridized carbons (Fsp3) is 0.632. The van der Waals surface area contributed by atoms with E-state index in [0.717, 1.165) is 12.2 Å². The van der Waals surface area contributed by atoms with E-state index in [1.807, 2.05) is 39.0 Å². The molecule has 1 aromatic carbocycles. The van der Waals surface area contributed by atoms with E-state index in [9.17, 15) is 4.79 Å². The number of para-hydroxylation sites is 1. The van der Waals surface area contributed by atoms with Gasteiger partial charge in [0.05, 0.1) is 0 Å². The van der Waals surface area contributed by atoms with Crippen LogP contribution in [0, 0.1) is 0 Å². The summed E-state index contributed by atoms with van der Waals surface area (Å²) >= 11 is 0. The Bertz CT molecular complexity index is 516. The van der Waals surface area contributed by atoms with Crippen LogP contribution in [0.1, 0.15) is 58.4 Å². The highest BCUT2D eigenvalue weighted by molar-refractivity contribution is 5.90. The predicted molar refractivity (Wildman–Crippen MR) is 96.7 cm³/mol. The first-order valence-corrected chi connectivity index (χ1v) is 8.72. The number of benzene rings is 1. The Morgan fingerprint density at radius 2 is 1.83 bits per heavy atom. The van der Waals surface area contributed by atoms with Crippen LogP contribution in [0.25, 0.3) is 0 Å². The molecular formula is C19H31N3O. The molecule has 1 fully saturated rings. The maximum Gasteiger partial charge on any atom is 0.319 e. The predicted octanol–water partition coefficient (Wildman–Crippen LogP) is 4.37. The normalized spacial score (nSPS) is 16.4. The zero-order valence-corrected chi connectivity index (χ0v) is 15.0. The first-order valence-electron chi connectivity index (χ1n) is 8.72. The number of rotatable bonds is 4. The Kier molecular flexibility index (Phi) is 6.05. The third-order valence-corrected chi connectivity index (χ3v) is 4.37. The number of hydrogen-bond acceptors (Lipinski definition) is 2. The van der Waals surface area contributed by atoms with Crippen LogP contribution < -0.4 is 10.6 Å². The van der Waals surface area contributed by atoms with E-state index in [1.165, 1.54) is 37.7 Å². The van der Waals surface area contributed by atoms with Gasteiger partial charge in [-0.1, -0.05) is 37.5 Å². The minimum Gasteiger partial charge on any atom is -0.333 e. The molecule has 0 saturated heterocycles. The molecule has 1 aromatic rings.